The third-order valence-electron chi connectivity index (χ3n) is 7.10. The van der Waals surface area contributed by atoms with Crippen LogP contribution in [-0.2, 0) is 0 Å². The smallest absolute Gasteiger partial charge is 0.199 e. The standard InChI is InChI=1S/C34H46NO3P/c1-3-5-7-9-11-13-25-37-31-20-15-28(16-21-31)30-19-24-34(39(35)36)33(27-30)29-17-22-32(23-18-29)38-26-14-12-10-8-6-4-2/h15-24,27,35H,3-14,25-26H2,1-2H3. The molecular weight excluding hydrogens is 501 g/mol. The topological polar surface area (TPSA) is 65.4 Å². The van der Waals surface area contributed by atoms with Gasteiger partial charge in [-0.05, 0) is 72.0 Å². The Hall–Kier alpha value is -2.68. The van der Waals surface area contributed by atoms with Crippen molar-refractivity contribution in [3.63, 3.8) is 0 Å². The first-order chi connectivity index (χ1) is 19.1. The first-order valence-electron chi connectivity index (χ1n) is 14.9. The fourth-order valence-electron chi connectivity index (χ4n) is 4.74. The lowest BCUT2D eigenvalue weighted by atomic mass is 9.99. The van der Waals surface area contributed by atoms with Crippen molar-refractivity contribution < 1.29 is 14.4 Å². The van der Waals surface area contributed by atoms with Crippen LogP contribution in [0.5, 0.6) is 11.5 Å². The maximum absolute atomic E-state index is 12.2. The van der Waals surface area contributed by atoms with Crippen molar-refractivity contribution in [2.45, 2.75) is 90.9 Å². The molecule has 39 heavy (non-hydrogen) atoms. The van der Waals surface area contributed by atoms with Gasteiger partial charge in [0.25, 0.3) is 0 Å². The lowest BCUT2D eigenvalue weighted by molar-refractivity contribution is -0.153. The molecule has 0 aliphatic rings. The van der Waals surface area contributed by atoms with Gasteiger partial charge in [-0.25, -0.2) is 0 Å². The number of unbranched alkanes of at least 4 members (excludes halogenated alkanes) is 10. The lowest BCUT2D eigenvalue weighted by Crippen LogP contribution is -2.08. The van der Waals surface area contributed by atoms with Crippen LogP contribution in [0, 0.1) is 5.16 Å². The summed E-state index contributed by atoms with van der Waals surface area (Å²) in [4.78, 5) is 12.2. The molecular formula is C34H46NO3P. The van der Waals surface area contributed by atoms with E-state index >= 15 is 0 Å². The molecule has 0 saturated heterocycles. The molecule has 0 aliphatic carbocycles. The van der Waals surface area contributed by atoms with Gasteiger partial charge in [0, 0.05) is 5.56 Å². The van der Waals surface area contributed by atoms with Crippen LogP contribution in [0.15, 0.2) is 66.7 Å². The number of benzene rings is 3. The molecule has 0 saturated carbocycles. The van der Waals surface area contributed by atoms with Crippen LogP contribution < -0.4 is 19.7 Å². The van der Waals surface area contributed by atoms with E-state index < -0.39 is 7.94 Å². The summed E-state index contributed by atoms with van der Waals surface area (Å²) < 4.78 is 11.9. The van der Waals surface area contributed by atoms with Crippen LogP contribution in [0.4, 0.5) is 0 Å². The molecule has 3 rings (SSSR count). The normalized spacial score (nSPS) is 11.4. The zero-order valence-electron chi connectivity index (χ0n) is 23.9. The molecule has 1 atom stereocenters. The Balaban J connectivity index is 1.59. The van der Waals surface area contributed by atoms with Crippen molar-refractivity contribution in [2.24, 2.45) is 0 Å². The van der Waals surface area contributed by atoms with E-state index in [-0.39, 0.29) is 0 Å². The molecule has 210 valence electrons. The van der Waals surface area contributed by atoms with Crippen molar-refractivity contribution in [1.82, 2.24) is 0 Å². The average Bonchev–Trinajstić information content (AvgIpc) is 2.96. The van der Waals surface area contributed by atoms with Crippen LogP contribution in [0.1, 0.15) is 90.9 Å². The predicted molar refractivity (Wildman–Crippen MR) is 164 cm³/mol. The van der Waals surface area contributed by atoms with Gasteiger partial charge in [-0.15, -0.1) is 5.16 Å². The molecule has 1 N–H and O–H groups in total. The summed E-state index contributed by atoms with van der Waals surface area (Å²) in [6.07, 6.45) is 14.9. The van der Waals surface area contributed by atoms with Crippen LogP contribution in [0.25, 0.3) is 22.3 Å². The van der Waals surface area contributed by atoms with E-state index in [1.807, 2.05) is 54.6 Å². The number of hydrogen-bond acceptors (Lipinski definition) is 4. The monoisotopic (exact) mass is 547 g/mol. The quantitative estimate of drug-likeness (QED) is 0.120. The molecule has 3 aromatic rings. The molecule has 0 bridgehead atoms. The molecule has 0 amide bonds. The molecule has 0 radical (unpaired) electrons. The van der Waals surface area contributed by atoms with E-state index in [9.17, 15) is 4.89 Å². The summed E-state index contributed by atoms with van der Waals surface area (Å²) in [6, 6.07) is 21.9. The summed E-state index contributed by atoms with van der Waals surface area (Å²) in [5.74, 6) is 1.73. The van der Waals surface area contributed by atoms with Crippen LogP contribution >= 0.6 is 7.94 Å². The van der Waals surface area contributed by atoms with Crippen molar-refractivity contribution >= 4 is 13.2 Å². The van der Waals surface area contributed by atoms with Gasteiger partial charge in [-0.2, -0.15) is 0 Å². The first kappa shape index (κ1) is 30.9. The van der Waals surface area contributed by atoms with E-state index in [0.29, 0.717) is 5.30 Å². The molecule has 5 heteroatoms. The highest BCUT2D eigenvalue weighted by Gasteiger charge is 2.15. The van der Waals surface area contributed by atoms with Gasteiger partial charge in [0.2, 0.25) is 0 Å². The van der Waals surface area contributed by atoms with E-state index in [4.69, 9.17) is 14.6 Å². The first-order valence-corrected chi connectivity index (χ1v) is 16.2. The second-order valence-corrected chi connectivity index (χ2v) is 11.4. The molecule has 0 heterocycles. The Morgan fingerprint density at radius 3 is 1.49 bits per heavy atom. The van der Waals surface area contributed by atoms with Gasteiger partial charge in [0.05, 0.1) is 13.2 Å². The maximum atomic E-state index is 12.2. The van der Waals surface area contributed by atoms with E-state index in [2.05, 4.69) is 26.0 Å². The Morgan fingerprint density at radius 1 is 0.564 bits per heavy atom. The summed E-state index contributed by atoms with van der Waals surface area (Å²) in [5, 5.41) is 8.47. The number of rotatable bonds is 19. The van der Waals surface area contributed by atoms with E-state index in [1.54, 1.807) is 0 Å². The minimum Gasteiger partial charge on any atom is -0.608 e. The van der Waals surface area contributed by atoms with Gasteiger partial charge in [-0.3, -0.25) is 0 Å². The number of ether oxygens (including phenoxy) is 2. The van der Waals surface area contributed by atoms with Gasteiger partial charge >= 0.3 is 0 Å². The molecule has 0 aliphatic heterocycles. The summed E-state index contributed by atoms with van der Waals surface area (Å²) >= 11 is 0. The van der Waals surface area contributed by atoms with Crippen LogP contribution in [0.3, 0.4) is 0 Å². The molecule has 0 aromatic heterocycles. The highest BCUT2D eigenvalue weighted by Crippen LogP contribution is 2.31. The van der Waals surface area contributed by atoms with Crippen LogP contribution in [-0.4, -0.2) is 13.2 Å². The zero-order valence-corrected chi connectivity index (χ0v) is 24.8. The van der Waals surface area contributed by atoms with Crippen molar-refractivity contribution in [3.05, 3.63) is 66.7 Å². The lowest BCUT2D eigenvalue weighted by Gasteiger charge is -2.11. The average molecular weight is 548 g/mol. The van der Waals surface area contributed by atoms with E-state index in [0.717, 1.165) is 59.8 Å². The predicted octanol–water partition coefficient (Wildman–Crippen LogP) is 9.64. The largest absolute Gasteiger partial charge is 0.608 e. The minimum absolute atomic E-state index is 0.549. The third kappa shape index (κ3) is 10.8. The van der Waals surface area contributed by atoms with Crippen molar-refractivity contribution in [3.8, 4) is 33.8 Å². The van der Waals surface area contributed by atoms with E-state index in [1.165, 1.54) is 64.2 Å². The number of nitrogens with one attached hydrogen (secondary N) is 1. The van der Waals surface area contributed by atoms with Gasteiger partial charge in [0.1, 0.15) is 11.5 Å². The van der Waals surface area contributed by atoms with Crippen LogP contribution in [0.2, 0.25) is 0 Å². The molecule has 0 spiro atoms. The third-order valence-corrected chi connectivity index (χ3v) is 7.93. The Kier molecular flexibility index (Phi) is 14.1. The highest BCUT2D eigenvalue weighted by molar-refractivity contribution is 7.47. The van der Waals surface area contributed by atoms with Crippen molar-refractivity contribution in [2.75, 3.05) is 13.2 Å². The Labute approximate surface area is 237 Å². The fourth-order valence-corrected chi connectivity index (χ4v) is 5.37. The highest BCUT2D eigenvalue weighted by atomic mass is 31.1. The zero-order chi connectivity index (χ0) is 27.7. The molecule has 3 aromatic carbocycles. The summed E-state index contributed by atoms with van der Waals surface area (Å²) in [6.45, 7) is 5.95. The van der Waals surface area contributed by atoms with Gasteiger partial charge in [0.15, 0.2) is 13.2 Å². The Bertz CT molecular complexity index is 1110. The maximum Gasteiger partial charge on any atom is 0.199 e. The van der Waals surface area contributed by atoms with Gasteiger partial charge in [-0.1, -0.05) is 102 Å². The molecule has 1 unspecified atom stereocenters. The minimum atomic E-state index is -2.22. The second kappa shape index (κ2) is 17.8. The fraction of sp³-hybridized carbons (Fsp3) is 0.471. The number of hydrogen-bond donors (Lipinski definition) is 1. The Morgan fingerprint density at radius 2 is 1.00 bits per heavy atom. The van der Waals surface area contributed by atoms with Crippen molar-refractivity contribution in [1.29, 1.82) is 5.16 Å². The summed E-state index contributed by atoms with van der Waals surface area (Å²) in [7, 11) is -2.22. The summed E-state index contributed by atoms with van der Waals surface area (Å²) in [5.41, 5.74) is 3.85. The molecule has 0 fully saturated rings. The SMILES string of the molecule is CCCCCCCCOc1ccc(-c2ccc([P+](=N)[O-])c(-c3ccc(OCCCCCCCC)cc3)c2)cc1. The molecule has 4 nitrogen and oxygen atoms in total. The van der Waals surface area contributed by atoms with Gasteiger partial charge < -0.3 is 14.4 Å². The second-order valence-electron chi connectivity index (χ2n) is 10.3.